The summed E-state index contributed by atoms with van der Waals surface area (Å²) >= 11 is 0. The second-order valence-corrected chi connectivity index (χ2v) is 4.83. The van der Waals surface area contributed by atoms with Crippen LogP contribution in [0.1, 0.15) is 25.7 Å². The Kier molecular flexibility index (Phi) is 5.20. The number of nitrogens with zero attached hydrogens (tertiary/aromatic N) is 2. The lowest BCUT2D eigenvalue weighted by atomic mass is 9.83. The molecule has 1 saturated carbocycles. The third kappa shape index (κ3) is 4.14. The normalized spacial score (nSPS) is 15.2. The highest BCUT2D eigenvalue weighted by molar-refractivity contribution is 5.46. The highest BCUT2D eigenvalue weighted by atomic mass is 15.1. The molecule has 0 atom stereocenters. The van der Waals surface area contributed by atoms with Gasteiger partial charge >= 0.3 is 0 Å². The average molecular weight is 249 g/mol. The van der Waals surface area contributed by atoms with E-state index in [9.17, 15) is 0 Å². The Labute approximate surface area is 109 Å². The van der Waals surface area contributed by atoms with Gasteiger partial charge in [0, 0.05) is 25.7 Å². The Balaban J connectivity index is 1.71. The van der Waals surface area contributed by atoms with E-state index in [0.29, 0.717) is 0 Å². The number of hydrogen-bond donors (Lipinski definition) is 3. The maximum absolute atomic E-state index is 4.23. The molecule has 1 heterocycles. The van der Waals surface area contributed by atoms with Gasteiger partial charge in [-0.1, -0.05) is 19.3 Å². The first-order valence-electron chi connectivity index (χ1n) is 6.83. The van der Waals surface area contributed by atoms with E-state index in [-0.39, 0.29) is 0 Å². The Morgan fingerprint density at radius 1 is 1.11 bits per heavy atom. The third-order valence-corrected chi connectivity index (χ3v) is 3.43. The topological polar surface area (TPSA) is 61.9 Å². The van der Waals surface area contributed by atoms with Crippen LogP contribution >= 0.6 is 0 Å². The van der Waals surface area contributed by atoms with Crippen LogP contribution in [0.2, 0.25) is 0 Å². The summed E-state index contributed by atoms with van der Waals surface area (Å²) in [7, 11) is 1.94. The van der Waals surface area contributed by atoms with Crippen molar-refractivity contribution in [2.75, 3.05) is 37.3 Å². The molecule has 1 aromatic heterocycles. The molecule has 18 heavy (non-hydrogen) atoms. The summed E-state index contributed by atoms with van der Waals surface area (Å²) in [5.74, 6) is 2.73. The molecule has 1 aromatic rings. The Morgan fingerprint density at radius 2 is 1.83 bits per heavy atom. The van der Waals surface area contributed by atoms with Gasteiger partial charge in [-0.3, -0.25) is 0 Å². The van der Waals surface area contributed by atoms with Crippen LogP contribution in [0.25, 0.3) is 0 Å². The van der Waals surface area contributed by atoms with Gasteiger partial charge in [-0.15, -0.1) is 0 Å². The SMILES string of the molecule is CNCCNc1cc(NCCC2CCC2)ncn1. The van der Waals surface area contributed by atoms with E-state index in [1.54, 1.807) is 6.33 Å². The maximum Gasteiger partial charge on any atom is 0.131 e. The summed E-state index contributed by atoms with van der Waals surface area (Å²) in [5, 5.41) is 9.71. The van der Waals surface area contributed by atoms with Crippen LogP contribution in [-0.2, 0) is 0 Å². The van der Waals surface area contributed by atoms with Gasteiger partial charge in [0.1, 0.15) is 18.0 Å². The van der Waals surface area contributed by atoms with Gasteiger partial charge < -0.3 is 16.0 Å². The van der Waals surface area contributed by atoms with Crippen molar-refractivity contribution in [3.8, 4) is 0 Å². The first-order chi connectivity index (χ1) is 8.88. The number of hydrogen-bond acceptors (Lipinski definition) is 5. The number of nitrogens with one attached hydrogen (secondary N) is 3. The average Bonchev–Trinajstić information content (AvgIpc) is 2.33. The number of aromatic nitrogens is 2. The summed E-state index contributed by atoms with van der Waals surface area (Å²) in [6.07, 6.45) is 7.09. The van der Waals surface area contributed by atoms with Crippen LogP contribution in [0.3, 0.4) is 0 Å². The highest BCUT2D eigenvalue weighted by Gasteiger charge is 2.16. The van der Waals surface area contributed by atoms with Gasteiger partial charge in [0.15, 0.2) is 0 Å². The molecular formula is C13H23N5. The second kappa shape index (κ2) is 7.16. The van der Waals surface area contributed by atoms with Crippen molar-refractivity contribution in [3.05, 3.63) is 12.4 Å². The van der Waals surface area contributed by atoms with E-state index < -0.39 is 0 Å². The fourth-order valence-corrected chi connectivity index (χ4v) is 2.05. The lowest BCUT2D eigenvalue weighted by molar-refractivity contribution is 0.303. The highest BCUT2D eigenvalue weighted by Crippen LogP contribution is 2.29. The Hall–Kier alpha value is -1.36. The van der Waals surface area contributed by atoms with E-state index in [1.165, 1.54) is 25.7 Å². The van der Waals surface area contributed by atoms with Gasteiger partial charge in [0.2, 0.25) is 0 Å². The zero-order valence-electron chi connectivity index (χ0n) is 11.1. The summed E-state index contributed by atoms with van der Waals surface area (Å²) in [6, 6.07) is 1.97. The van der Waals surface area contributed by atoms with Crippen molar-refractivity contribution in [1.29, 1.82) is 0 Å². The molecule has 0 aliphatic heterocycles. The molecule has 1 aliphatic carbocycles. The molecular weight excluding hydrogens is 226 g/mol. The molecule has 0 unspecified atom stereocenters. The lowest BCUT2D eigenvalue weighted by Crippen LogP contribution is -2.18. The van der Waals surface area contributed by atoms with Crippen LogP contribution in [0.5, 0.6) is 0 Å². The molecule has 5 nitrogen and oxygen atoms in total. The molecule has 0 saturated heterocycles. The van der Waals surface area contributed by atoms with Crippen molar-refractivity contribution < 1.29 is 0 Å². The summed E-state index contributed by atoms with van der Waals surface area (Å²) in [6.45, 7) is 2.81. The van der Waals surface area contributed by atoms with Gasteiger partial charge in [0.25, 0.3) is 0 Å². The predicted octanol–water partition coefficient (Wildman–Crippen LogP) is 1.71. The molecule has 3 N–H and O–H groups in total. The van der Waals surface area contributed by atoms with Gasteiger partial charge in [-0.05, 0) is 19.4 Å². The van der Waals surface area contributed by atoms with Crippen LogP contribution in [0.4, 0.5) is 11.6 Å². The molecule has 0 spiro atoms. The molecule has 0 bridgehead atoms. The van der Waals surface area contributed by atoms with E-state index in [1.807, 2.05) is 13.1 Å². The van der Waals surface area contributed by atoms with E-state index >= 15 is 0 Å². The standard InChI is InChI=1S/C13H23N5/c1-14-7-8-16-13-9-12(17-10-18-13)15-6-5-11-3-2-4-11/h9-11,14H,2-8H2,1H3,(H2,15,16,17,18). The number of anilines is 2. The quantitative estimate of drug-likeness (QED) is 0.612. The summed E-state index contributed by atoms with van der Waals surface area (Å²) < 4.78 is 0. The fourth-order valence-electron chi connectivity index (χ4n) is 2.05. The first kappa shape index (κ1) is 13.1. The van der Waals surface area contributed by atoms with Crippen molar-refractivity contribution in [2.24, 2.45) is 5.92 Å². The Bertz CT molecular complexity index is 351. The monoisotopic (exact) mass is 249 g/mol. The molecule has 0 amide bonds. The fraction of sp³-hybridized carbons (Fsp3) is 0.692. The Morgan fingerprint density at radius 3 is 2.44 bits per heavy atom. The minimum absolute atomic E-state index is 0.870. The van der Waals surface area contributed by atoms with Crippen LogP contribution < -0.4 is 16.0 Å². The number of rotatable bonds is 8. The minimum Gasteiger partial charge on any atom is -0.370 e. The van der Waals surface area contributed by atoms with Crippen molar-refractivity contribution in [3.63, 3.8) is 0 Å². The molecule has 100 valence electrons. The van der Waals surface area contributed by atoms with Crippen LogP contribution in [0, 0.1) is 5.92 Å². The zero-order valence-corrected chi connectivity index (χ0v) is 11.1. The molecule has 1 fully saturated rings. The first-order valence-corrected chi connectivity index (χ1v) is 6.83. The van der Waals surface area contributed by atoms with Crippen molar-refractivity contribution in [2.45, 2.75) is 25.7 Å². The smallest absolute Gasteiger partial charge is 0.131 e. The van der Waals surface area contributed by atoms with E-state index in [2.05, 4.69) is 25.9 Å². The van der Waals surface area contributed by atoms with E-state index in [4.69, 9.17) is 0 Å². The largest absolute Gasteiger partial charge is 0.370 e. The molecule has 0 aromatic carbocycles. The van der Waals surface area contributed by atoms with Gasteiger partial charge in [-0.25, -0.2) is 9.97 Å². The zero-order chi connectivity index (χ0) is 12.6. The minimum atomic E-state index is 0.870. The predicted molar refractivity (Wildman–Crippen MR) is 74.9 cm³/mol. The van der Waals surface area contributed by atoms with Crippen molar-refractivity contribution >= 4 is 11.6 Å². The second-order valence-electron chi connectivity index (χ2n) is 4.83. The number of likely N-dealkylation sites (N-methyl/N-ethyl adjacent to an activating group) is 1. The van der Waals surface area contributed by atoms with Crippen molar-refractivity contribution in [1.82, 2.24) is 15.3 Å². The maximum atomic E-state index is 4.23. The van der Waals surface area contributed by atoms with Gasteiger partial charge in [0.05, 0.1) is 0 Å². The lowest BCUT2D eigenvalue weighted by Gasteiger charge is -2.25. The molecule has 1 aliphatic rings. The molecule has 2 rings (SSSR count). The van der Waals surface area contributed by atoms with Gasteiger partial charge in [-0.2, -0.15) is 0 Å². The summed E-state index contributed by atoms with van der Waals surface area (Å²) in [4.78, 5) is 8.42. The van der Waals surface area contributed by atoms with Crippen LogP contribution in [-0.4, -0.2) is 36.6 Å². The molecule has 5 heteroatoms. The van der Waals surface area contributed by atoms with E-state index in [0.717, 1.165) is 37.2 Å². The third-order valence-electron chi connectivity index (χ3n) is 3.43. The van der Waals surface area contributed by atoms with Crippen LogP contribution in [0.15, 0.2) is 12.4 Å². The molecule has 0 radical (unpaired) electrons. The summed E-state index contributed by atoms with van der Waals surface area (Å²) in [5.41, 5.74) is 0.